The fraction of sp³-hybridized carbons (Fsp3) is 0.714. The fourth-order valence-electron chi connectivity index (χ4n) is 2.55. The Kier molecular flexibility index (Phi) is 4.77. The van der Waals surface area contributed by atoms with Crippen LogP contribution in [0.2, 0.25) is 0 Å². The zero-order valence-electron chi connectivity index (χ0n) is 12.8. The second-order valence-corrected chi connectivity index (χ2v) is 5.66. The lowest BCUT2D eigenvalue weighted by Gasteiger charge is -2.37. The Morgan fingerprint density at radius 2 is 2.05 bits per heavy atom. The van der Waals surface area contributed by atoms with Crippen LogP contribution in [0.1, 0.15) is 18.4 Å². The number of nitrogens with zero attached hydrogens (tertiary/aromatic N) is 4. The van der Waals surface area contributed by atoms with Crippen LogP contribution in [-0.4, -0.2) is 72.1 Å². The van der Waals surface area contributed by atoms with E-state index in [9.17, 15) is 4.79 Å². The van der Waals surface area contributed by atoms with E-state index in [-0.39, 0.29) is 11.9 Å². The summed E-state index contributed by atoms with van der Waals surface area (Å²) in [5, 5.41) is 3.91. The molecule has 0 aromatic carbocycles. The van der Waals surface area contributed by atoms with Gasteiger partial charge in [0, 0.05) is 46.3 Å². The topological polar surface area (TPSA) is 52.8 Å². The Labute approximate surface area is 120 Å². The first kappa shape index (κ1) is 15.0. The molecule has 112 valence electrons. The second-order valence-electron chi connectivity index (χ2n) is 5.66. The Bertz CT molecular complexity index is 450. The fourth-order valence-corrected chi connectivity index (χ4v) is 2.55. The number of aryl methyl sites for hydroxylation is 1. The van der Waals surface area contributed by atoms with E-state index < -0.39 is 0 Å². The van der Waals surface area contributed by atoms with Gasteiger partial charge >= 0.3 is 0 Å². The molecule has 0 bridgehead atoms. The second kappa shape index (κ2) is 6.37. The smallest absolute Gasteiger partial charge is 0.239 e. The Balaban J connectivity index is 1.81. The Morgan fingerprint density at radius 1 is 1.40 bits per heavy atom. The van der Waals surface area contributed by atoms with Crippen molar-refractivity contribution in [2.75, 3.05) is 40.3 Å². The van der Waals surface area contributed by atoms with E-state index in [0.29, 0.717) is 0 Å². The maximum Gasteiger partial charge on any atom is 0.239 e. The molecule has 6 nitrogen and oxygen atoms in total. The molecule has 2 heterocycles. The molecule has 6 heteroatoms. The standard InChI is InChI=1S/C14H24N4O2/c1-11-9-13(20-15-11)10-17-5-7-18(8-6-17)12(2)14(19)16(3)4/h9,12H,5-8,10H2,1-4H3. The molecule has 2 rings (SSSR count). The van der Waals surface area contributed by atoms with Gasteiger partial charge < -0.3 is 9.42 Å². The van der Waals surface area contributed by atoms with Crippen molar-refractivity contribution in [1.29, 1.82) is 0 Å². The van der Waals surface area contributed by atoms with E-state index in [2.05, 4.69) is 15.0 Å². The third-order valence-electron chi connectivity index (χ3n) is 3.81. The largest absolute Gasteiger partial charge is 0.360 e. The Hall–Kier alpha value is -1.40. The van der Waals surface area contributed by atoms with Crippen LogP contribution in [0.25, 0.3) is 0 Å². The highest BCUT2D eigenvalue weighted by atomic mass is 16.5. The summed E-state index contributed by atoms with van der Waals surface area (Å²) in [5.74, 6) is 1.08. The van der Waals surface area contributed by atoms with Crippen molar-refractivity contribution >= 4 is 5.91 Å². The summed E-state index contributed by atoms with van der Waals surface area (Å²) in [4.78, 5) is 18.2. The molecule has 1 unspecified atom stereocenters. The average molecular weight is 280 g/mol. The summed E-state index contributed by atoms with van der Waals surface area (Å²) in [5.41, 5.74) is 0.920. The molecule has 0 saturated carbocycles. The molecule has 1 aliphatic rings. The number of carbonyl (C=O) groups is 1. The van der Waals surface area contributed by atoms with Crippen molar-refractivity contribution in [3.63, 3.8) is 0 Å². The molecule has 1 aliphatic heterocycles. The number of aromatic nitrogens is 1. The SMILES string of the molecule is Cc1cc(CN2CCN(C(C)C(=O)N(C)C)CC2)on1. The van der Waals surface area contributed by atoms with Crippen molar-refractivity contribution in [3.05, 3.63) is 17.5 Å². The van der Waals surface area contributed by atoms with E-state index in [1.54, 1.807) is 19.0 Å². The average Bonchev–Trinajstić information content (AvgIpc) is 2.83. The van der Waals surface area contributed by atoms with Crippen LogP contribution in [0.5, 0.6) is 0 Å². The van der Waals surface area contributed by atoms with Gasteiger partial charge in [-0.05, 0) is 13.8 Å². The number of piperazine rings is 1. The molecule has 1 aromatic rings. The molecule has 1 aromatic heterocycles. The first-order chi connectivity index (χ1) is 9.47. The van der Waals surface area contributed by atoms with Gasteiger partial charge in [0.05, 0.1) is 18.3 Å². The number of carbonyl (C=O) groups excluding carboxylic acids is 1. The minimum atomic E-state index is -0.0420. The first-order valence-electron chi connectivity index (χ1n) is 7.07. The molecule has 1 amide bonds. The van der Waals surface area contributed by atoms with E-state index in [1.807, 2.05) is 19.9 Å². The highest BCUT2D eigenvalue weighted by molar-refractivity contribution is 5.80. The third-order valence-corrected chi connectivity index (χ3v) is 3.81. The monoisotopic (exact) mass is 280 g/mol. The molecular weight excluding hydrogens is 256 g/mol. The normalized spacial score (nSPS) is 19.0. The van der Waals surface area contributed by atoms with Crippen LogP contribution in [0.4, 0.5) is 0 Å². The maximum atomic E-state index is 12.0. The van der Waals surface area contributed by atoms with Crippen molar-refractivity contribution in [2.24, 2.45) is 0 Å². The summed E-state index contributed by atoms with van der Waals surface area (Å²) in [6, 6.07) is 1.93. The lowest BCUT2D eigenvalue weighted by Crippen LogP contribution is -2.53. The number of likely N-dealkylation sites (N-methyl/N-ethyl adjacent to an activating group) is 1. The summed E-state index contributed by atoms with van der Waals surface area (Å²) in [7, 11) is 3.61. The molecule has 0 spiro atoms. The van der Waals surface area contributed by atoms with Gasteiger partial charge in [-0.2, -0.15) is 0 Å². The van der Waals surface area contributed by atoms with E-state index in [1.165, 1.54) is 0 Å². The lowest BCUT2D eigenvalue weighted by molar-refractivity contribution is -0.134. The lowest BCUT2D eigenvalue weighted by atomic mass is 10.2. The summed E-state index contributed by atoms with van der Waals surface area (Å²) in [6.07, 6.45) is 0. The number of hydrogen-bond donors (Lipinski definition) is 0. The third kappa shape index (κ3) is 3.58. The molecule has 0 radical (unpaired) electrons. The quantitative estimate of drug-likeness (QED) is 0.807. The van der Waals surface area contributed by atoms with Gasteiger partial charge in [0.1, 0.15) is 0 Å². The number of rotatable bonds is 4. The molecule has 1 saturated heterocycles. The van der Waals surface area contributed by atoms with Gasteiger partial charge in [0.2, 0.25) is 5.91 Å². The van der Waals surface area contributed by atoms with E-state index in [4.69, 9.17) is 4.52 Å². The first-order valence-corrected chi connectivity index (χ1v) is 7.07. The van der Waals surface area contributed by atoms with Crippen molar-refractivity contribution < 1.29 is 9.32 Å². The van der Waals surface area contributed by atoms with Crippen LogP contribution in [0, 0.1) is 6.92 Å². The van der Waals surface area contributed by atoms with Crippen molar-refractivity contribution in [2.45, 2.75) is 26.4 Å². The highest BCUT2D eigenvalue weighted by Crippen LogP contribution is 2.12. The van der Waals surface area contributed by atoms with Gasteiger partial charge in [0.25, 0.3) is 0 Å². The Morgan fingerprint density at radius 3 is 2.55 bits per heavy atom. The van der Waals surface area contributed by atoms with Crippen LogP contribution >= 0.6 is 0 Å². The molecule has 1 fully saturated rings. The minimum absolute atomic E-state index is 0.0420. The predicted octanol–water partition coefficient (Wildman–Crippen LogP) is 0.577. The zero-order chi connectivity index (χ0) is 14.7. The predicted molar refractivity (Wildman–Crippen MR) is 76.2 cm³/mol. The van der Waals surface area contributed by atoms with Crippen molar-refractivity contribution in [3.8, 4) is 0 Å². The maximum absolute atomic E-state index is 12.0. The number of hydrogen-bond acceptors (Lipinski definition) is 5. The van der Waals surface area contributed by atoms with Gasteiger partial charge in [-0.1, -0.05) is 5.16 Å². The van der Waals surface area contributed by atoms with E-state index >= 15 is 0 Å². The van der Waals surface area contributed by atoms with Crippen LogP contribution in [0.15, 0.2) is 10.6 Å². The van der Waals surface area contributed by atoms with Crippen LogP contribution in [-0.2, 0) is 11.3 Å². The van der Waals surface area contributed by atoms with E-state index in [0.717, 1.165) is 44.2 Å². The van der Waals surface area contributed by atoms with Gasteiger partial charge in [-0.3, -0.25) is 14.6 Å². The van der Waals surface area contributed by atoms with Crippen LogP contribution < -0.4 is 0 Å². The molecule has 0 N–H and O–H groups in total. The number of amides is 1. The minimum Gasteiger partial charge on any atom is -0.360 e. The van der Waals surface area contributed by atoms with Crippen molar-refractivity contribution in [1.82, 2.24) is 19.9 Å². The molecule has 0 aliphatic carbocycles. The molecule has 1 atom stereocenters. The highest BCUT2D eigenvalue weighted by Gasteiger charge is 2.26. The summed E-state index contributed by atoms with van der Waals surface area (Å²) >= 11 is 0. The molecular formula is C14H24N4O2. The van der Waals surface area contributed by atoms with Gasteiger partial charge in [-0.15, -0.1) is 0 Å². The zero-order valence-corrected chi connectivity index (χ0v) is 12.8. The molecule has 20 heavy (non-hydrogen) atoms. The summed E-state index contributed by atoms with van der Waals surface area (Å²) < 4.78 is 5.24. The summed E-state index contributed by atoms with van der Waals surface area (Å²) in [6.45, 7) is 8.43. The van der Waals surface area contributed by atoms with Crippen LogP contribution in [0.3, 0.4) is 0 Å². The van der Waals surface area contributed by atoms with Gasteiger partial charge in [-0.25, -0.2) is 0 Å². The van der Waals surface area contributed by atoms with Gasteiger partial charge in [0.15, 0.2) is 5.76 Å².